The number of nitrogens with one attached hydrogen (secondary N) is 1. The van der Waals surface area contributed by atoms with Crippen molar-refractivity contribution in [1.29, 1.82) is 0 Å². The number of hydrogen-bond acceptors (Lipinski definition) is 4. The van der Waals surface area contributed by atoms with E-state index in [0.717, 1.165) is 6.42 Å². The van der Waals surface area contributed by atoms with Crippen molar-refractivity contribution >= 4 is 12.0 Å². The lowest BCUT2D eigenvalue weighted by Gasteiger charge is -2.08. The molecule has 0 aliphatic heterocycles. The van der Waals surface area contributed by atoms with Gasteiger partial charge in [-0.1, -0.05) is 6.58 Å². The number of amides is 2. The Morgan fingerprint density at radius 2 is 2.06 bits per heavy atom. The SMILES string of the molecule is C=C(C)OC(=O)NCCCC[C@H](N)C(N)=O. The number of primary amides is 1. The molecule has 16 heavy (non-hydrogen) atoms. The van der Waals surface area contributed by atoms with Gasteiger partial charge in [0.1, 0.15) is 0 Å². The summed E-state index contributed by atoms with van der Waals surface area (Å²) < 4.78 is 4.67. The molecule has 1 atom stereocenters. The zero-order valence-electron chi connectivity index (χ0n) is 9.49. The third kappa shape index (κ3) is 7.81. The smallest absolute Gasteiger partial charge is 0.412 e. The Kier molecular flexibility index (Phi) is 6.95. The van der Waals surface area contributed by atoms with Gasteiger partial charge in [-0.15, -0.1) is 0 Å². The van der Waals surface area contributed by atoms with Crippen molar-refractivity contribution in [2.75, 3.05) is 6.54 Å². The summed E-state index contributed by atoms with van der Waals surface area (Å²) in [6.07, 6.45) is 1.43. The Labute approximate surface area is 95.0 Å². The molecule has 0 heterocycles. The van der Waals surface area contributed by atoms with Gasteiger partial charge in [-0.3, -0.25) is 4.79 Å². The summed E-state index contributed by atoms with van der Waals surface area (Å²) in [4.78, 5) is 21.6. The summed E-state index contributed by atoms with van der Waals surface area (Å²) in [6, 6.07) is -0.609. The first-order valence-electron chi connectivity index (χ1n) is 5.09. The van der Waals surface area contributed by atoms with Crippen LogP contribution in [0.15, 0.2) is 12.3 Å². The summed E-state index contributed by atoms with van der Waals surface area (Å²) in [5.74, 6) is -0.164. The molecule has 0 aromatic heterocycles. The molecule has 0 radical (unpaired) electrons. The standard InChI is InChI=1S/C10H19N3O3/c1-7(2)16-10(15)13-6-4-3-5-8(11)9(12)14/h8H,1,3-6,11H2,2H3,(H2,12,14)(H,13,15)/t8-/m0/s1. The quantitative estimate of drug-likeness (QED) is 0.429. The summed E-state index contributed by atoms with van der Waals surface area (Å²) in [5.41, 5.74) is 10.4. The summed E-state index contributed by atoms with van der Waals surface area (Å²) >= 11 is 0. The van der Waals surface area contributed by atoms with E-state index in [1.54, 1.807) is 6.92 Å². The molecule has 0 bridgehead atoms. The average Bonchev–Trinajstić information content (AvgIpc) is 2.15. The molecule has 0 fully saturated rings. The normalized spacial score (nSPS) is 11.6. The van der Waals surface area contributed by atoms with Crippen LogP contribution < -0.4 is 16.8 Å². The zero-order chi connectivity index (χ0) is 12.6. The van der Waals surface area contributed by atoms with Gasteiger partial charge in [-0.05, 0) is 26.2 Å². The monoisotopic (exact) mass is 229 g/mol. The number of rotatable bonds is 7. The molecule has 2 amide bonds. The second-order valence-corrected chi connectivity index (χ2v) is 3.52. The van der Waals surface area contributed by atoms with Crippen LogP contribution in [0.2, 0.25) is 0 Å². The molecule has 0 aliphatic carbocycles. The van der Waals surface area contributed by atoms with E-state index in [1.807, 2.05) is 0 Å². The van der Waals surface area contributed by atoms with E-state index in [2.05, 4.69) is 16.6 Å². The molecule has 0 rings (SSSR count). The number of ether oxygens (including phenoxy) is 1. The van der Waals surface area contributed by atoms with E-state index in [-0.39, 0.29) is 0 Å². The van der Waals surface area contributed by atoms with Crippen LogP contribution in [0.3, 0.4) is 0 Å². The van der Waals surface area contributed by atoms with E-state index >= 15 is 0 Å². The van der Waals surface area contributed by atoms with Crippen molar-refractivity contribution in [3.63, 3.8) is 0 Å². The minimum absolute atomic E-state index is 0.341. The highest BCUT2D eigenvalue weighted by Gasteiger charge is 2.08. The fourth-order valence-corrected chi connectivity index (χ4v) is 1.02. The van der Waals surface area contributed by atoms with E-state index in [9.17, 15) is 9.59 Å². The number of nitrogens with two attached hydrogens (primary N) is 2. The van der Waals surface area contributed by atoms with Crippen molar-refractivity contribution in [2.24, 2.45) is 11.5 Å². The molecular formula is C10H19N3O3. The van der Waals surface area contributed by atoms with Crippen molar-refractivity contribution in [1.82, 2.24) is 5.32 Å². The highest BCUT2D eigenvalue weighted by molar-refractivity contribution is 5.79. The maximum atomic E-state index is 11.0. The van der Waals surface area contributed by atoms with Gasteiger partial charge in [0, 0.05) is 6.54 Å². The minimum Gasteiger partial charge on any atom is -0.416 e. The van der Waals surface area contributed by atoms with Crippen LogP contribution in [0, 0.1) is 0 Å². The van der Waals surface area contributed by atoms with Crippen LogP contribution >= 0.6 is 0 Å². The Hall–Kier alpha value is -1.56. The summed E-state index contributed by atoms with van der Waals surface area (Å²) in [5, 5.41) is 2.54. The van der Waals surface area contributed by atoms with Crippen LogP contribution in [0.4, 0.5) is 4.79 Å². The number of allylic oxidation sites excluding steroid dienone is 1. The Morgan fingerprint density at radius 1 is 1.44 bits per heavy atom. The largest absolute Gasteiger partial charge is 0.416 e. The third-order valence-corrected chi connectivity index (χ3v) is 1.84. The molecule has 6 heteroatoms. The van der Waals surface area contributed by atoms with Gasteiger partial charge in [0.05, 0.1) is 11.8 Å². The van der Waals surface area contributed by atoms with Crippen LogP contribution in [-0.2, 0) is 9.53 Å². The number of alkyl carbamates (subject to hydrolysis) is 1. The second kappa shape index (κ2) is 7.70. The van der Waals surface area contributed by atoms with E-state index in [4.69, 9.17) is 11.5 Å². The summed E-state index contributed by atoms with van der Waals surface area (Å²) in [6.45, 7) is 5.49. The first-order valence-corrected chi connectivity index (χ1v) is 5.09. The van der Waals surface area contributed by atoms with Crippen molar-refractivity contribution in [3.8, 4) is 0 Å². The molecular weight excluding hydrogens is 210 g/mol. The first kappa shape index (κ1) is 14.4. The molecule has 0 aliphatic rings. The predicted octanol–water partition coefficient (Wildman–Crippen LogP) is 0.229. The zero-order valence-corrected chi connectivity index (χ0v) is 9.49. The number of carbonyl (C=O) groups is 2. The molecule has 0 spiro atoms. The van der Waals surface area contributed by atoms with Gasteiger partial charge in [0.2, 0.25) is 5.91 Å². The van der Waals surface area contributed by atoms with Crippen LogP contribution in [0.25, 0.3) is 0 Å². The lowest BCUT2D eigenvalue weighted by molar-refractivity contribution is -0.119. The number of carbonyl (C=O) groups excluding carboxylic acids is 2. The fraction of sp³-hybridized carbons (Fsp3) is 0.600. The van der Waals surface area contributed by atoms with Gasteiger partial charge in [-0.2, -0.15) is 0 Å². The third-order valence-electron chi connectivity index (χ3n) is 1.84. The maximum absolute atomic E-state index is 11.0. The highest BCUT2D eigenvalue weighted by Crippen LogP contribution is 1.98. The Bertz CT molecular complexity index is 266. The molecule has 92 valence electrons. The minimum atomic E-state index is -0.609. The molecule has 0 saturated heterocycles. The number of hydrogen-bond donors (Lipinski definition) is 3. The lowest BCUT2D eigenvalue weighted by Crippen LogP contribution is -2.36. The van der Waals surface area contributed by atoms with Gasteiger partial charge < -0.3 is 21.5 Å². The van der Waals surface area contributed by atoms with E-state index in [1.165, 1.54) is 0 Å². The second-order valence-electron chi connectivity index (χ2n) is 3.52. The van der Waals surface area contributed by atoms with Crippen molar-refractivity contribution in [3.05, 3.63) is 12.3 Å². The maximum Gasteiger partial charge on any atom is 0.412 e. The molecule has 0 saturated carbocycles. The Balaban J connectivity index is 3.43. The lowest BCUT2D eigenvalue weighted by atomic mass is 10.1. The van der Waals surface area contributed by atoms with Crippen molar-refractivity contribution in [2.45, 2.75) is 32.2 Å². The molecule has 5 N–H and O–H groups in total. The Morgan fingerprint density at radius 3 is 2.56 bits per heavy atom. The van der Waals surface area contributed by atoms with Gasteiger partial charge in [-0.25, -0.2) is 4.79 Å². The molecule has 6 nitrogen and oxygen atoms in total. The fourth-order valence-electron chi connectivity index (χ4n) is 1.02. The molecule has 0 aromatic carbocycles. The number of unbranched alkanes of at least 4 members (excludes halogenated alkanes) is 1. The van der Waals surface area contributed by atoms with Gasteiger partial charge >= 0.3 is 6.09 Å². The topological polar surface area (TPSA) is 107 Å². The molecule has 0 aromatic rings. The average molecular weight is 229 g/mol. The van der Waals surface area contributed by atoms with Crippen LogP contribution in [-0.4, -0.2) is 24.6 Å². The van der Waals surface area contributed by atoms with Crippen LogP contribution in [0.1, 0.15) is 26.2 Å². The molecule has 0 unspecified atom stereocenters. The van der Waals surface area contributed by atoms with Crippen LogP contribution in [0.5, 0.6) is 0 Å². The van der Waals surface area contributed by atoms with E-state index < -0.39 is 18.0 Å². The van der Waals surface area contributed by atoms with Crippen molar-refractivity contribution < 1.29 is 14.3 Å². The first-order chi connectivity index (χ1) is 7.43. The van der Waals surface area contributed by atoms with Gasteiger partial charge in [0.25, 0.3) is 0 Å². The predicted molar refractivity (Wildman–Crippen MR) is 60.3 cm³/mol. The van der Waals surface area contributed by atoms with Gasteiger partial charge in [0.15, 0.2) is 0 Å². The highest BCUT2D eigenvalue weighted by atomic mass is 16.6. The summed E-state index contributed by atoms with van der Waals surface area (Å²) in [7, 11) is 0. The van der Waals surface area contributed by atoms with E-state index in [0.29, 0.717) is 25.1 Å².